The summed E-state index contributed by atoms with van der Waals surface area (Å²) in [6.45, 7) is 8.19. The van der Waals surface area contributed by atoms with Crippen molar-refractivity contribution < 1.29 is 9.59 Å². The lowest BCUT2D eigenvalue weighted by molar-refractivity contribution is 0.100. The minimum absolute atomic E-state index is 0.0185. The number of hydrogen-bond donors (Lipinski definition) is 2. The van der Waals surface area contributed by atoms with Gasteiger partial charge in [-0.2, -0.15) is 0 Å². The molecule has 1 rings (SSSR count). The molecule has 0 radical (unpaired) electrons. The second-order valence-corrected chi connectivity index (χ2v) is 10.5. The first-order chi connectivity index (χ1) is 8.13. The highest BCUT2D eigenvalue weighted by Gasteiger charge is 2.37. The van der Waals surface area contributed by atoms with E-state index in [0.29, 0.717) is 5.56 Å². The van der Waals surface area contributed by atoms with E-state index in [1.807, 2.05) is 25.2 Å². The highest BCUT2D eigenvalue weighted by atomic mass is 28.4. The van der Waals surface area contributed by atoms with Crippen molar-refractivity contribution in [2.45, 2.75) is 44.8 Å². The Kier molecular flexibility index (Phi) is 4.35. The molecule has 3 N–H and O–H groups in total. The minimum atomic E-state index is -2.14. The molecule has 0 aliphatic heterocycles. The second kappa shape index (κ2) is 5.24. The summed E-state index contributed by atoms with van der Waals surface area (Å²) in [5, 5.41) is -0.0185. The zero-order valence-electron chi connectivity index (χ0n) is 11.7. The van der Waals surface area contributed by atoms with Crippen molar-refractivity contribution >= 4 is 14.2 Å². The van der Waals surface area contributed by atoms with E-state index in [-0.39, 0.29) is 5.04 Å². The molecule has 0 aromatic heterocycles. The van der Waals surface area contributed by atoms with E-state index < -0.39 is 14.2 Å². The van der Waals surface area contributed by atoms with Gasteiger partial charge in [0.05, 0.1) is 0 Å². The van der Waals surface area contributed by atoms with Gasteiger partial charge in [0.2, 0.25) is 5.91 Å². The van der Waals surface area contributed by atoms with Crippen molar-refractivity contribution in [3.63, 3.8) is 0 Å². The van der Waals surface area contributed by atoms with Crippen LogP contribution in [-0.2, 0) is 6.42 Å². The number of primary amides is 1. The van der Waals surface area contributed by atoms with Gasteiger partial charge >= 0.3 is 0 Å². The molecule has 0 heterocycles. The van der Waals surface area contributed by atoms with Gasteiger partial charge in [-0.1, -0.05) is 26.0 Å². The lowest BCUT2D eigenvalue weighted by Gasteiger charge is -2.35. The first-order valence-electron chi connectivity index (χ1n) is 6.24. The van der Waals surface area contributed by atoms with Crippen LogP contribution in [-0.4, -0.2) is 19.0 Å². The van der Waals surface area contributed by atoms with Crippen LogP contribution < -0.4 is 5.73 Å². The highest BCUT2D eigenvalue weighted by Crippen LogP contribution is 2.39. The third-order valence-corrected chi connectivity index (χ3v) is 7.50. The molecule has 4 heteroatoms. The number of hydrogen-bond acceptors (Lipinski definition) is 2. The normalized spacial score (nSPS) is 12.5. The van der Waals surface area contributed by atoms with Gasteiger partial charge in [0.25, 0.3) is 0 Å². The van der Waals surface area contributed by atoms with Crippen molar-refractivity contribution in [1.82, 2.24) is 0 Å². The number of amides is 1. The van der Waals surface area contributed by atoms with E-state index in [9.17, 15) is 9.59 Å². The molecule has 0 saturated heterocycles. The molecule has 3 nitrogen and oxygen atoms in total. The highest BCUT2D eigenvalue weighted by molar-refractivity contribution is 6.72. The van der Waals surface area contributed by atoms with Crippen LogP contribution in [0.1, 0.15) is 36.2 Å². The van der Waals surface area contributed by atoms with E-state index in [1.54, 1.807) is 12.1 Å². The van der Waals surface area contributed by atoms with Crippen LogP contribution in [0.25, 0.3) is 0 Å². The Hall–Kier alpha value is -1.13. The summed E-state index contributed by atoms with van der Waals surface area (Å²) >= 11 is 0. The third-order valence-electron chi connectivity index (χ3n) is 3.93. The Morgan fingerprint density at radius 2 is 1.78 bits per heavy atom. The summed E-state index contributed by atoms with van der Waals surface area (Å²) in [7, 11) is -2.14. The molecule has 0 spiro atoms. The molecule has 0 bridgehead atoms. The van der Waals surface area contributed by atoms with Crippen LogP contribution >= 0.6 is 0 Å². The maximum Gasteiger partial charge on any atom is 0.248 e. The molecule has 1 aromatic rings. The third kappa shape index (κ3) is 3.68. The summed E-state index contributed by atoms with van der Waals surface area (Å²) in [4.78, 5) is 21.2. The average Bonchev–Trinajstić information content (AvgIpc) is 2.25. The number of nitrogens with two attached hydrogens (primary N) is 1. The first-order valence-corrected chi connectivity index (χ1v) is 9.19. The standard InChI is InChI=1S/C14H23NO2Si/c1-14(2,18(3,4)17)10-9-11-5-7-12(8-6-11)13(15)16/h5-8,17H,9-10H2,1-4H3,(H2,15,16). The first kappa shape index (κ1) is 14.9. The van der Waals surface area contributed by atoms with E-state index in [0.717, 1.165) is 12.8 Å². The maximum atomic E-state index is 11.0. The van der Waals surface area contributed by atoms with Crippen molar-refractivity contribution in [3.8, 4) is 0 Å². The topological polar surface area (TPSA) is 63.3 Å². The van der Waals surface area contributed by atoms with Crippen LogP contribution in [0.15, 0.2) is 24.3 Å². The zero-order valence-corrected chi connectivity index (χ0v) is 12.7. The number of carbonyl (C=O) groups is 1. The molecule has 0 saturated carbocycles. The molecule has 0 aliphatic rings. The van der Waals surface area contributed by atoms with E-state index >= 15 is 0 Å². The molecular formula is C14H23NO2Si. The molecule has 0 aliphatic carbocycles. The van der Waals surface area contributed by atoms with Gasteiger partial charge in [0.15, 0.2) is 8.32 Å². The Labute approximate surface area is 110 Å². The van der Waals surface area contributed by atoms with Crippen LogP contribution in [0.5, 0.6) is 0 Å². The summed E-state index contributed by atoms with van der Waals surface area (Å²) in [6.07, 6.45) is 1.85. The van der Waals surface area contributed by atoms with Crippen molar-refractivity contribution in [1.29, 1.82) is 0 Å². The Morgan fingerprint density at radius 3 is 2.17 bits per heavy atom. The predicted molar refractivity (Wildman–Crippen MR) is 77.0 cm³/mol. The SMILES string of the molecule is CC(C)(CCc1ccc(C(N)=O)cc1)[Si](C)(C)O. The lowest BCUT2D eigenvalue weighted by Crippen LogP contribution is -2.39. The quantitative estimate of drug-likeness (QED) is 0.804. The fraction of sp³-hybridized carbons (Fsp3) is 0.500. The number of aryl methyl sites for hydroxylation is 1. The summed E-state index contributed by atoms with van der Waals surface area (Å²) < 4.78 is 0. The molecule has 1 aromatic carbocycles. The van der Waals surface area contributed by atoms with E-state index in [2.05, 4.69) is 13.8 Å². The number of carbonyl (C=O) groups excluding carboxylic acids is 1. The maximum absolute atomic E-state index is 11.0. The van der Waals surface area contributed by atoms with Crippen LogP contribution in [0.3, 0.4) is 0 Å². The van der Waals surface area contributed by atoms with Gasteiger partial charge < -0.3 is 10.5 Å². The van der Waals surface area contributed by atoms with Crippen molar-refractivity contribution in [3.05, 3.63) is 35.4 Å². The zero-order chi connectivity index (χ0) is 14.0. The van der Waals surface area contributed by atoms with Gasteiger partial charge in [-0.15, -0.1) is 0 Å². The van der Waals surface area contributed by atoms with Gasteiger partial charge in [-0.05, 0) is 48.7 Å². The Balaban J connectivity index is 2.67. The van der Waals surface area contributed by atoms with Gasteiger partial charge in [-0.25, -0.2) is 0 Å². The van der Waals surface area contributed by atoms with Crippen LogP contribution in [0.2, 0.25) is 18.1 Å². The monoisotopic (exact) mass is 265 g/mol. The Morgan fingerprint density at radius 1 is 1.28 bits per heavy atom. The van der Waals surface area contributed by atoms with Gasteiger partial charge in [0.1, 0.15) is 0 Å². The number of benzene rings is 1. The lowest BCUT2D eigenvalue weighted by atomic mass is 10.0. The summed E-state index contributed by atoms with van der Waals surface area (Å²) in [5.74, 6) is -0.397. The summed E-state index contributed by atoms with van der Waals surface area (Å²) in [6, 6.07) is 7.38. The fourth-order valence-electron chi connectivity index (χ4n) is 1.60. The molecule has 18 heavy (non-hydrogen) atoms. The van der Waals surface area contributed by atoms with Gasteiger partial charge in [0, 0.05) is 5.56 Å². The second-order valence-electron chi connectivity index (χ2n) is 6.00. The Bertz CT molecular complexity index is 418. The summed E-state index contributed by atoms with van der Waals surface area (Å²) in [5.41, 5.74) is 6.91. The van der Waals surface area contributed by atoms with Crippen molar-refractivity contribution in [2.24, 2.45) is 5.73 Å². The molecule has 1 amide bonds. The molecule has 100 valence electrons. The fourth-order valence-corrected chi connectivity index (χ4v) is 2.34. The number of rotatable bonds is 5. The van der Waals surface area contributed by atoms with E-state index in [1.165, 1.54) is 5.56 Å². The van der Waals surface area contributed by atoms with E-state index in [4.69, 9.17) is 5.73 Å². The van der Waals surface area contributed by atoms with Crippen LogP contribution in [0, 0.1) is 0 Å². The van der Waals surface area contributed by atoms with Gasteiger partial charge in [-0.3, -0.25) is 4.79 Å². The largest absolute Gasteiger partial charge is 0.432 e. The average molecular weight is 265 g/mol. The minimum Gasteiger partial charge on any atom is -0.432 e. The molecular weight excluding hydrogens is 242 g/mol. The smallest absolute Gasteiger partial charge is 0.248 e. The van der Waals surface area contributed by atoms with Crippen LogP contribution in [0.4, 0.5) is 0 Å². The molecule has 0 fully saturated rings. The molecule has 0 unspecified atom stereocenters. The molecule has 0 atom stereocenters. The predicted octanol–water partition coefficient (Wildman–Crippen LogP) is 2.70. The van der Waals surface area contributed by atoms with Crippen molar-refractivity contribution in [2.75, 3.05) is 0 Å².